The van der Waals surface area contributed by atoms with Gasteiger partial charge in [-0.2, -0.15) is 0 Å². The molecule has 2 aromatic rings. The maximum absolute atomic E-state index is 10.3. The second-order valence-corrected chi connectivity index (χ2v) is 4.26. The molecule has 0 aliphatic rings. The van der Waals surface area contributed by atoms with Gasteiger partial charge < -0.3 is 19.7 Å². The number of allylic oxidation sites excluding steroid dienone is 1. The number of phenolic OH excluding ortho intramolecular Hbond substituents is 2. The molecule has 0 aliphatic heterocycles. The molecule has 0 unspecified atom stereocenters. The molecule has 2 aromatic carbocycles. The first kappa shape index (κ1) is 13.8. The molecule has 0 radical (unpaired) electrons. The van der Waals surface area contributed by atoms with E-state index in [0.29, 0.717) is 27.8 Å². The largest absolute Gasteiger partial charge is 0.507 e. The Morgan fingerprint density at radius 2 is 2.05 bits per heavy atom. The Bertz CT molecular complexity index is 686. The average molecular weight is 272 g/mol. The molecule has 0 fully saturated rings. The van der Waals surface area contributed by atoms with E-state index < -0.39 is 0 Å². The predicted octanol–water partition coefficient (Wildman–Crippen LogP) is 3.78. The fourth-order valence-electron chi connectivity index (χ4n) is 2.10. The Kier molecular flexibility index (Phi) is 3.84. The quantitative estimate of drug-likeness (QED) is 0.657. The van der Waals surface area contributed by atoms with Crippen molar-refractivity contribution >= 4 is 16.8 Å². The summed E-state index contributed by atoms with van der Waals surface area (Å²) < 4.78 is 10.3. The van der Waals surface area contributed by atoms with Crippen LogP contribution in [0.2, 0.25) is 0 Å². The molecule has 0 saturated carbocycles. The number of hydrogen-bond acceptors (Lipinski definition) is 4. The molecule has 0 aromatic heterocycles. The summed E-state index contributed by atoms with van der Waals surface area (Å²) in [6.45, 7) is 5.19. The Hall–Kier alpha value is -2.62. The molecule has 2 N–H and O–H groups in total. The van der Waals surface area contributed by atoms with Crippen LogP contribution in [0.3, 0.4) is 0 Å². The van der Waals surface area contributed by atoms with Crippen molar-refractivity contribution in [3.8, 4) is 17.2 Å². The van der Waals surface area contributed by atoms with E-state index in [1.54, 1.807) is 31.2 Å². The fraction of sp³-hybridized carbons (Fsp3) is 0.125. The van der Waals surface area contributed by atoms with Gasteiger partial charge in [-0.25, -0.2) is 0 Å². The van der Waals surface area contributed by atoms with Crippen LogP contribution in [0, 0.1) is 0 Å². The van der Waals surface area contributed by atoms with Crippen molar-refractivity contribution in [3.05, 3.63) is 48.4 Å². The molecular weight excluding hydrogens is 256 g/mol. The number of hydrogen-bond donors (Lipinski definition) is 2. The van der Waals surface area contributed by atoms with Crippen molar-refractivity contribution < 1.29 is 19.7 Å². The summed E-state index contributed by atoms with van der Waals surface area (Å²) in [5, 5.41) is 21.5. The van der Waals surface area contributed by atoms with Crippen molar-refractivity contribution in [1.82, 2.24) is 0 Å². The van der Waals surface area contributed by atoms with Crippen molar-refractivity contribution in [1.29, 1.82) is 0 Å². The van der Waals surface area contributed by atoms with Crippen LogP contribution in [0.1, 0.15) is 12.5 Å². The molecule has 0 spiro atoms. The molecular formula is C16H16O4. The van der Waals surface area contributed by atoms with Gasteiger partial charge in [0.1, 0.15) is 23.0 Å². The van der Waals surface area contributed by atoms with E-state index >= 15 is 0 Å². The third-order valence-electron chi connectivity index (χ3n) is 2.95. The van der Waals surface area contributed by atoms with Crippen molar-refractivity contribution in [2.24, 2.45) is 0 Å². The fourth-order valence-corrected chi connectivity index (χ4v) is 2.10. The molecule has 0 saturated heterocycles. The third-order valence-corrected chi connectivity index (χ3v) is 2.95. The molecule has 104 valence electrons. The summed E-state index contributed by atoms with van der Waals surface area (Å²) in [5.74, 6) is 1.15. The predicted molar refractivity (Wildman–Crippen MR) is 78.8 cm³/mol. The van der Waals surface area contributed by atoms with Crippen LogP contribution < -0.4 is 4.74 Å². The van der Waals surface area contributed by atoms with Crippen LogP contribution in [0.15, 0.2) is 42.9 Å². The lowest BCUT2D eigenvalue weighted by Crippen LogP contribution is -1.88. The highest BCUT2D eigenvalue weighted by molar-refractivity contribution is 6.00. The summed E-state index contributed by atoms with van der Waals surface area (Å²) in [7, 11) is 1.52. The van der Waals surface area contributed by atoms with Crippen LogP contribution >= 0.6 is 0 Å². The van der Waals surface area contributed by atoms with E-state index in [1.165, 1.54) is 19.4 Å². The second-order valence-electron chi connectivity index (χ2n) is 4.26. The summed E-state index contributed by atoms with van der Waals surface area (Å²) in [6.07, 6.45) is 2.92. The third kappa shape index (κ3) is 2.40. The van der Waals surface area contributed by atoms with Crippen molar-refractivity contribution in [2.75, 3.05) is 7.11 Å². The van der Waals surface area contributed by atoms with Gasteiger partial charge >= 0.3 is 0 Å². The van der Waals surface area contributed by atoms with Gasteiger partial charge in [-0.3, -0.25) is 0 Å². The molecule has 20 heavy (non-hydrogen) atoms. The lowest BCUT2D eigenvalue weighted by molar-refractivity contribution is 0.359. The lowest BCUT2D eigenvalue weighted by Gasteiger charge is -2.11. The summed E-state index contributed by atoms with van der Waals surface area (Å²) in [6, 6.07) is 6.66. The summed E-state index contributed by atoms with van der Waals surface area (Å²) >= 11 is 0. The minimum absolute atomic E-state index is 0.0351. The zero-order valence-electron chi connectivity index (χ0n) is 11.4. The van der Waals surface area contributed by atoms with E-state index in [1.807, 2.05) is 0 Å². The zero-order valence-corrected chi connectivity index (χ0v) is 11.4. The smallest absolute Gasteiger partial charge is 0.131 e. The lowest BCUT2D eigenvalue weighted by atomic mass is 10.0. The highest BCUT2D eigenvalue weighted by Gasteiger charge is 2.13. The monoisotopic (exact) mass is 272 g/mol. The van der Waals surface area contributed by atoms with Gasteiger partial charge in [-0.1, -0.05) is 18.7 Å². The second kappa shape index (κ2) is 5.57. The van der Waals surface area contributed by atoms with E-state index in [0.717, 1.165) is 0 Å². The number of benzene rings is 2. The first-order valence-electron chi connectivity index (χ1n) is 6.06. The first-order chi connectivity index (χ1) is 9.58. The normalized spacial score (nSPS) is 11.4. The van der Waals surface area contributed by atoms with Crippen LogP contribution in [0.4, 0.5) is 0 Å². The number of aromatic hydroxyl groups is 2. The van der Waals surface area contributed by atoms with Gasteiger partial charge in [0.2, 0.25) is 0 Å². The van der Waals surface area contributed by atoms with Gasteiger partial charge in [0.15, 0.2) is 0 Å². The van der Waals surface area contributed by atoms with Crippen LogP contribution in [0.25, 0.3) is 16.8 Å². The Morgan fingerprint density at radius 3 is 2.70 bits per heavy atom. The maximum Gasteiger partial charge on any atom is 0.131 e. The molecule has 4 heteroatoms. The van der Waals surface area contributed by atoms with Crippen LogP contribution in [0.5, 0.6) is 17.2 Å². The van der Waals surface area contributed by atoms with Crippen molar-refractivity contribution in [2.45, 2.75) is 6.92 Å². The summed E-state index contributed by atoms with van der Waals surface area (Å²) in [4.78, 5) is 0. The van der Waals surface area contributed by atoms with E-state index in [-0.39, 0.29) is 11.5 Å². The average Bonchev–Trinajstić information content (AvgIpc) is 2.43. The number of methoxy groups -OCH3 is 1. The number of phenols is 2. The minimum atomic E-state index is 0.0351. The molecule has 0 aliphatic carbocycles. The maximum atomic E-state index is 10.3. The van der Waals surface area contributed by atoms with Gasteiger partial charge in [-0.15, -0.1) is 0 Å². The van der Waals surface area contributed by atoms with Crippen molar-refractivity contribution in [3.63, 3.8) is 0 Å². The van der Waals surface area contributed by atoms with Gasteiger partial charge in [-0.05, 0) is 25.1 Å². The number of ether oxygens (including phenoxy) is 2. The topological polar surface area (TPSA) is 58.9 Å². The molecule has 4 nitrogen and oxygen atoms in total. The first-order valence-corrected chi connectivity index (χ1v) is 6.06. The minimum Gasteiger partial charge on any atom is -0.507 e. The Morgan fingerprint density at radius 1 is 1.30 bits per heavy atom. The van der Waals surface area contributed by atoms with E-state index in [2.05, 4.69) is 6.58 Å². The molecule has 0 bridgehead atoms. The molecule has 0 amide bonds. The Balaban J connectivity index is 2.70. The van der Waals surface area contributed by atoms with Crippen LogP contribution in [-0.2, 0) is 4.74 Å². The van der Waals surface area contributed by atoms with Gasteiger partial charge in [0.25, 0.3) is 0 Å². The van der Waals surface area contributed by atoms with Gasteiger partial charge in [0.05, 0.1) is 18.8 Å². The van der Waals surface area contributed by atoms with E-state index in [4.69, 9.17) is 9.47 Å². The highest BCUT2D eigenvalue weighted by atomic mass is 16.5. The standard InChI is InChI=1S/C16H16O4/c1-4-20-10(2)8-11-9-13(17)15-12(16(11)18)6-5-7-14(15)19-3/h4-9,17-18H,1H2,2-3H3. The SMILES string of the molecule is C=COC(C)=Cc1cc(O)c2c(OC)cccc2c1O. The zero-order chi connectivity index (χ0) is 14.7. The summed E-state index contributed by atoms with van der Waals surface area (Å²) in [5.41, 5.74) is 0.461. The number of fused-ring (bicyclic) bond motifs is 1. The molecule has 0 atom stereocenters. The highest BCUT2D eigenvalue weighted by Crippen LogP contribution is 2.41. The van der Waals surface area contributed by atoms with E-state index in [9.17, 15) is 10.2 Å². The van der Waals surface area contributed by atoms with Crippen LogP contribution in [-0.4, -0.2) is 17.3 Å². The molecule has 2 rings (SSSR count). The number of rotatable bonds is 4. The van der Waals surface area contributed by atoms with Gasteiger partial charge in [0, 0.05) is 10.9 Å². The molecule has 0 heterocycles. The Labute approximate surface area is 117 Å².